The van der Waals surface area contributed by atoms with Crippen LogP contribution in [0.1, 0.15) is 72.3 Å². The number of benzene rings is 1. The summed E-state index contributed by atoms with van der Waals surface area (Å²) in [5.74, 6) is 2.39. The monoisotopic (exact) mass is 515 g/mol. The second kappa shape index (κ2) is 9.80. The first-order valence-corrected chi connectivity index (χ1v) is 13.2. The van der Waals surface area contributed by atoms with Crippen molar-refractivity contribution in [3.8, 4) is 11.9 Å². The lowest BCUT2D eigenvalue weighted by Crippen LogP contribution is -2.42. The number of carbonyl (C=O) groups is 1. The number of halogens is 1. The number of piperidine rings is 1. The van der Waals surface area contributed by atoms with E-state index < -0.39 is 11.9 Å². The summed E-state index contributed by atoms with van der Waals surface area (Å²) >= 11 is 0. The Balaban J connectivity index is 1.13. The van der Waals surface area contributed by atoms with Crippen molar-refractivity contribution in [1.29, 1.82) is 5.26 Å². The molecule has 9 nitrogen and oxygen atoms in total. The summed E-state index contributed by atoms with van der Waals surface area (Å²) in [4.78, 5) is 35.0. The summed E-state index contributed by atoms with van der Waals surface area (Å²) in [6.45, 7) is 5.32. The number of nitriles is 1. The van der Waals surface area contributed by atoms with Crippen LogP contribution < -0.4 is 4.90 Å². The van der Waals surface area contributed by atoms with Crippen molar-refractivity contribution in [2.45, 2.75) is 57.9 Å². The smallest absolute Gasteiger partial charge is 0.249 e. The number of hydrogen-bond donors (Lipinski definition) is 0. The van der Waals surface area contributed by atoms with Gasteiger partial charge in [-0.2, -0.15) is 5.26 Å². The lowest BCUT2D eigenvalue weighted by Gasteiger charge is -2.34. The predicted octanol–water partition coefficient (Wildman–Crippen LogP) is 4.29. The van der Waals surface area contributed by atoms with E-state index in [2.05, 4.69) is 21.1 Å². The van der Waals surface area contributed by atoms with Crippen LogP contribution in [0.2, 0.25) is 0 Å². The quantitative estimate of drug-likeness (QED) is 0.500. The number of imidazole rings is 1. The van der Waals surface area contributed by atoms with E-state index in [1.165, 1.54) is 24.0 Å². The van der Waals surface area contributed by atoms with Gasteiger partial charge in [-0.05, 0) is 57.2 Å². The van der Waals surface area contributed by atoms with E-state index in [0.717, 1.165) is 23.2 Å². The molecule has 196 valence electrons. The lowest BCUT2D eigenvalue weighted by atomic mass is 9.94. The Morgan fingerprint density at radius 2 is 1.84 bits per heavy atom. The average Bonchev–Trinajstić information content (AvgIpc) is 3.54. The van der Waals surface area contributed by atoms with Crippen LogP contribution >= 0.6 is 0 Å². The van der Waals surface area contributed by atoms with Gasteiger partial charge < -0.3 is 4.90 Å². The van der Waals surface area contributed by atoms with Gasteiger partial charge in [0.15, 0.2) is 0 Å². The molecule has 1 amide bonds. The number of anilines is 1. The predicted molar refractivity (Wildman–Crippen MR) is 137 cm³/mol. The summed E-state index contributed by atoms with van der Waals surface area (Å²) in [6.07, 6.45) is 7.94. The highest BCUT2D eigenvalue weighted by atomic mass is 19.1. The molecule has 6 rings (SSSR count). The number of amides is 1. The van der Waals surface area contributed by atoms with E-state index in [1.807, 2.05) is 23.6 Å². The number of aryl methyl sites for hydroxylation is 1. The van der Waals surface area contributed by atoms with E-state index in [0.29, 0.717) is 56.0 Å². The number of hydroxylamine groups is 2. The summed E-state index contributed by atoms with van der Waals surface area (Å²) in [5, 5.41) is 10.8. The van der Waals surface area contributed by atoms with Crippen molar-refractivity contribution < 1.29 is 14.0 Å². The van der Waals surface area contributed by atoms with E-state index in [9.17, 15) is 14.4 Å². The van der Waals surface area contributed by atoms with Gasteiger partial charge in [0.05, 0.1) is 30.0 Å². The highest BCUT2D eigenvalue weighted by Crippen LogP contribution is 2.40. The Hall–Kier alpha value is -3.84. The molecule has 38 heavy (non-hydrogen) atoms. The molecule has 0 unspecified atom stereocenters. The zero-order valence-electron chi connectivity index (χ0n) is 21.6. The van der Waals surface area contributed by atoms with Crippen molar-refractivity contribution in [1.82, 2.24) is 24.6 Å². The molecule has 3 aliphatic rings. The SMILES string of the molecule is Cc1c(F)cc([C@@H]2CCON2C(=O)C2CCN(c3cc(-n4cc(C5CC5)nc4C)ncn3)CC2)cc1C#N. The molecule has 1 aliphatic carbocycles. The van der Waals surface area contributed by atoms with Gasteiger partial charge in [-0.3, -0.25) is 14.2 Å². The van der Waals surface area contributed by atoms with Crippen LogP contribution in [0.3, 0.4) is 0 Å². The minimum atomic E-state index is -0.439. The molecule has 1 aromatic carbocycles. The molecule has 3 aromatic rings. The van der Waals surface area contributed by atoms with Gasteiger partial charge in [-0.15, -0.1) is 0 Å². The van der Waals surface area contributed by atoms with Crippen LogP contribution in [0.5, 0.6) is 0 Å². The van der Waals surface area contributed by atoms with Gasteiger partial charge in [0.1, 0.15) is 29.6 Å². The molecule has 1 saturated carbocycles. The standard InChI is InChI=1S/C28H30FN7O2/c1-17-22(14-30)11-21(12-23(17)29)25-7-10-38-36(25)28(37)20-5-8-34(9-6-20)26-13-27(32-16-31-26)35-15-24(19-3-4-19)33-18(35)2/h11-13,15-16,19-20,25H,3-10H2,1-2H3/t25-/m0/s1. The fraction of sp³-hybridized carbons (Fsp3) is 0.464. The Morgan fingerprint density at radius 1 is 1.08 bits per heavy atom. The van der Waals surface area contributed by atoms with Crippen LogP contribution in [0.15, 0.2) is 30.7 Å². The number of hydrogen-bond acceptors (Lipinski definition) is 7. The van der Waals surface area contributed by atoms with E-state index >= 15 is 0 Å². The summed E-state index contributed by atoms with van der Waals surface area (Å²) in [5.41, 5.74) is 2.33. The molecule has 0 spiro atoms. The van der Waals surface area contributed by atoms with Gasteiger partial charge in [0.2, 0.25) is 5.91 Å². The number of rotatable bonds is 5. The third kappa shape index (κ3) is 4.52. The Labute approximate surface area is 220 Å². The van der Waals surface area contributed by atoms with Gasteiger partial charge in [0.25, 0.3) is 0 Å². The van der Waals surface area contributed by atoms with Crippen LogP contribution in [-0.2, 0) is 9.63 Å². The second-order valence-electron chi connectivity index (χ2n) is 10.4. The van der Waals surface area contributed by atoms with Crippen molar-refractivity contribution in [2.75, 3.05) is 24.6 Å². The molecular formula is C28H30FN7O2. The summed E-state index contributed by atoms with van der Waals surface area (Å²) < 4.78 is 16.5. The fourth-order valence-electron chi connectivity index (χ4n) is 5.48. The van der Waals surface area contributed by atoms with Crippen molar-refractivity contribution in [3.63, 3.8) is 0 Å². The molecule has 2 aromatic heterocycles. The molecule has 0 N–H and O–H groups in total. The molecular weight excluding hydrogens is 485 g/mol. The van der Waals surface area contributed by atoms with Crippen LogP contribution in [0.25, 0.3) is 5.82 Å². The molecule has 2 aliphatic heterocycles. The summed E-state index contributed by atoms with van der Waals surface area (Å²) in [7, 11) is 0. The molecule has 3 fully saturated rings. The molecule has 1 atom stereocenters. The Morgan fingerprint density at radius 3 is 2.58 bits per heavy atom. The Kier molecular flexibility index (Phi) is 6.32. The zero-order chi connectivity index (χ0) is 26.4. The highest BCUT2D eigenvalue weighted by molar-refractivity contribution is 5.79. The Bertz CT molecular complexity index is 1420. The minimum absolute atomic E-state index is 0.0864. The highest BCUT2D eigenvalue weighted by Gasteiger charge is 2.37. The second-order valence-corrected chi connectivity index (χ2v) is 10.4. The van der Waals surface area contributed by atoms with E-state index in [1.54, 1.807) is 19.3 Å². The first-order valence-electron chi connectivity index (χ1n) is 13.2. The van der Waals surface area contributed by atoms with Crippen molar-refractivity contribution in [2.24, 2.45) is 5.92 Å². The first kappa shape index (κ1) is 24.5. The first-order chi connectivity index (χ1) is 18.4. The van der Waals surface area contributed by atoms with Crippen molar-refractivity contribution >= 4 is 11.7 Å². The van der Waals surface area contributed by atoms with Gasteiger partial charge in [0, 0.05) is 49.2 Å². The summed E-state index contributed by atoms with van der Waals surface area (Å²) in [6, 6.07) is 6.72. The fourth-order valence-corrected chi connectivity index (χ4v) is 5.48. The molecule has 0 bridgehead atoms. The third-order valence-corrected chi connectivity index (χ3v) is 7.94. The normalized spacial score (nSPS) is 20.1. The molecule has 4 heterocycles. The third-order valence-electron chi connectivity index (χ3n) is 7.94. The topological polar surface area (TPSA) is 100 Å². The van der Waals surface area contributed by atoms with Crippen LogP contribution in [0, 0.1) is 36.9 Å². The molecule has 2 saturated heterocycles. The number of carbonyl (C=O) groups excluding carboxylic acids is 1. The molecule has 0 radical (unpaired) electrons. The van der Waals surface area contributed by atoms with E-state index in [4.69, 9.17) is 9.82 Å². The maximum absolute atomic E-state index is 14.4. The molecule has 10 heteroatoms. The van der Waals surface area contributed by atoms with Crippen LogP contribution in [0.4, 0.5) is 10.2 Å². The van der Waals surface area contributed by atoms with Gasteiger partial charge >= 0.3 is 0 Å². The van der Waals surface area contributed by atoms with Gasteiger partial charge in [-0.25, -0.2) is 24.4 Å². The van der Waals surface area contributed by atoms with E-state index in [-0.39, 0.29) is 17.4 Å². The minimum Gasteiger partial charge on any atom is -0.356 e. The maximum Gasteiger partial charge on any atom is 0.249 e. The zero-order valence-corrected chi connectivity index (χ0v) is 21.6. The number of nitrogens with zero attached hydrogens (tertiary/aromatic N) is 7. The number of aromatic nitrogens is 4. The van der Waals surface area contributed by atoms with Crippen LogP contribution in [-0.4, -0.2) is 50.2 Å². The maximum atomic E-state index is 14.4. The average molecular weight is 516 g/mol. The van der Waals surface area contributed by atoms with Gasteiger partial charge in [-0.1, -0.05) is 0 Å². The largest absolute Gasteiger partial charge is 0.356 e. The lowest BCUT2D eigenvalue weighted by molar-refractivity contribution is -0.182. The van der Waals surface area contributed by atoms with Crippen molar-refractivity contribution in [3.05, 3.63) is 64.7 Å².